The monoisotopic (exact) mass is 374 g/mol. The van der Waals surface area contributed by atoms with E-state index in [9.17, 15) is 4.79 Å². The van der Waals surface area contributed by atoms with Crippen molar-refractivity contribution in [2.75, 3.05) is 6.54 Å². The molecule has 3 aromatic rings. The van der Waals surface area contributed by atoms with E-state index >= 15 is 0 Å². The van der Waals surface area contributed by atoms with Crippen molar-refractivity contribution in [3.63, 3.8) is 0 Å². The highest BCUT2D eigenvalue weighted by Gasteiger charge is 2.17. The van der Waals surface area contributed by atoms with E-state index in [4.69, 9.17) is 0 Å². The number of hydrogen-bond acceptors (Lipinski definition) is 1. The summed E-state index contributed by atoms with van der Waals surface area (Å²) in [4.78, 5) is 15.1. The number of carbonyl (C=O) groups excluding carboxylic acids is 1. The van der Waals surface area contributed by atoms with Crippen molar-refractivity contribution in [1.82, 2.24) is 9.47 Å². The standard InChI is InChI=1S/C25H30N2O/c1-3-4-10-17-27(25(28)22-13-6-5-7-14-22)20-24-16-11-18-26(24)19-23-15-9-8-12-21(23)2/h5-9,11-16,18H,3-4,10,17,19-20H2,1-2H3. The Morgan fingerprint density at radius 1 is 0.929 bits per heavy atom. The number of rotatable bonds is 9. The predicted octanol–water partition coefficient (Wildman–Crippen LogP) is 5.68. The van der Waals surface area contributed by atoms with Gasteiger partial charge in [0.25, 0.3) is 5.91 Å². The molecule has 0 unspecified atom stereocenters. The Labute approximate surface area is 168 Å². The second-order valence-electron chi connectivity index (χ2n) is 7.35. The zero-order valence-electron chi connectivity index (χ0n) is 17.0. The van der Waals surface area contributed by atoms with Crippen LogP contribution in [-0.2, 0) is 13.1 Å². The topological polar surface area (TPSA) is 25.2 Å². The Hall–Kier alpha value is -2.81. The number of unbranched alkanes of at least 4 members (excludes halogenated alkanes) is 2. The first kappa shape index (κ1) is 19.9. The summed E-state index contributed by atoms with van der Waals surface area (Å²) >= 11 is 0. The molecule has 0 aliphatic heterocycles. The molecule has 0 N–H and O–H groups in total. The molecule has 28 heavy (non-hydrogen) atoms. The quantitative estimate of drug-likeness (QED) is 0.443. The van der Waals surface area contributed by atoms with Crippen molar-refractivity contribution >= 4 is 5.91 Å². The Balaban J connectivity index is 1.78. The van der Waals surface area contributed by atoms with Gasteiger partial charge >= 0.3 is 0 Å². The van der Waals surface area contributed by atoms with Crippen LogP contribution in [0.3, 0.4) is 0 Å². The van der Waals surface area contributed by atoms with Gasteiger partial charge in [-0.05, 0) is 48.7 Å². The van der Waals surface area contributed by atoms with Crippen LogP contribution in [0.5, 0.6) is 0 Å². The highest BCUT2D eigenvalue weighted by Crippen LogP contribution is 2.16. The Bertz CT molecular complexity index is 882. The molecule has 0 radical (unpaired) electrons. The van der Waals surface area contributed by atoms with Crippen LogP contribution >= 0.6 is 0 Å². The fourth-order valence-electron chi connectivity index (χ4n) is 3.48. The van der Waals surface area contributed by atoms with E-state index < -0.39 is 0 Å². The lowest BCUT2D eigenvalue weighted by Crippen LogP contribution is -2.32. The smallest absolute Gasteiger partial charge is 0.254 e. The number of carbonyl (C=O) groups is 1. The van der Waals surface area contributed by atoms with Crippen molar-refractivity contribution in [3.8, 4) is 0 Å². The van der Waals surface area contributed by atoms with E-state index in [1.54, 1.807) is 0 Å². The number of benzene rings is 2. The minimum atomic E-state index is 0.111. The van der Waals surface area contributed by atoms with Crippen molar-refractivity contribution < 1.29 is 4.79 Å². The van der Waals surface area contributed by atoms with E-state index in [2.05, 4.69) is 61.0 Å². The molecular formula is C25H30N2O. The lowest BCUT2D eigenvalue weighted by molar-refractivity contribution is 0.0736. The van der Waals surface area contributed by atoms with Gasteiger partial charge in [-0.25, -0.2) is 0 Å². The number of amides is 1. The molecule has 0 fully saturated rings. The molecule has 1 amide bonds. The fourth-order valence-corrected chi connectivity index (χ4v) is 3.48. The fraction of sp³-hybridized carbons (Fsp3) is 0.320. The summed E-state index contributed by atoms with van der Waals surface area (Å²) in [6, 6.07) is 22.3. The maximum absolute atomic E-state index is 13.1. The predicted molar refractivity (Wildman–Crippen MR) is 115 cm³/mol. The molecule has 146 valence electrons. The highest BCUT2D eigenvalue weighted by molar-refractivity contribution is 5.94. The number of nitrogens with zero attached hydrogens (tertiary/aromatic N) is 2. The maximum Gasteiger partial charge on any atom is 0.254 e. The van der Waals surface area contributed by atoms with Gasteiger partial charge in [-0.3, -0.25) is 4.79 Å². The lowest BCUT2D eigenvalue weighted by atomic mass is 10.1. The third kappa shape index (κ3) is 5.13. The minimum Gasteiger partial charge on any atom is -0.345 e. The van der Waals surface area contributed by atoms with E-state index in [-0.39, 0.29) is 5.91 Å². The highest BCUT2D eigenvalue weighted by atomic mass is 16.2. The number of hydrogen-bond donors (Lipinski definition) is 0. The van der Waals surface area contributed by atoms with E-state index in [0.29, 0.717) is 6.54 Å². The average molecular weight is 375 g/mol. The van der Waals surface area contributed by atoms with Crippen LogP contribution in [0.1, 0.15) is 53.4 Å². The van der Waals surface area contributed by atoms with Gasteiger partial charge in [-0.1, -0.05) is 62.2 Å². The molecule has 0 spiro atoms. The summed E-state index contributed by atoms with van der Waals surface area (Å²) in [7, 11) is 0. The summed E-state index contributed by atoms with van der Waals surface area (Å²) in [5.74, 6) is 0.111. The largest absolute Gasteiger partial charge is 0.345 e. The van der Waals surface area contributed by atoms with Crippen LogP contribution in [0, 0.1) is 6.92 Å². The molecule has 3 nitrogen and oxygen atoms in total. The van der Waals surface area contributed by atoms with Gasteiger partial charge in [-0.15, -0.1) is 0 Å². The van der Waals surface area contributed by atoms with Crippen LogP contribution in [0.2, 0.25) is 0 Å². The molecule has 0 aliphatic rings. The van der Waals surface area contributed by atoms with Crippen molar-refractivity contribution in [2.24, 2.45) is 0 Å². The molecule has 3 rings (SSSR count). The van der Waals surface area contributed by atoms with Gasteiger partial charge in [0, 0.05) is 30.5 Å². The van der Waals surface area contributed by atoms with E-state index in [1.807, 2.05) is 35.2 Å². The van der Waals surface area contributed by atoms with Gasteiger partial charge in [-0.2, -0.15) is 0 Å². The normalized spacial score (nSPS) is 10.8. The molecule has 0 saturated heterocycles. The first-order valence-electron chi connectivity index (χ1n) is 10.2. The van der Waals surface area contributed by atoms with Crippen LogP contribution in [0.25, 0.3) is 0 Å². The molecule has 3 heteroatoms. The summed E-state index contributed by atoms with van der Waals surface area (Å²) in [6.45, 7) is 6.59. The zero-order chi connectivity index (χ0) is 19.8. The Morgan fingerprint density at radius 3 is 2.43 bits per heavy atom. The first-order valence-corrected chi connectivity index (χ1v) is 10.2. The molecule has 0 aliphatic carbocycles. The minimum absolute atomic E-state index is 0.111. The van der Waals surface area contributed by atoms with Gasteiger partial charge in [0.2, 0.25) is 0 Å². The van der Waals surface area contributed by atoms with Crippen molar-refractivity contribution in [1.29, 1.82) is 0 Å². The number of aryl methyl sites for hydroxylation is 1. The Kier molecular flexibility index (Phi) is 7.07. The van der Waals surface area contributed by atoms with E-state index in [1.165, 1.54) is 16.8 Å². The third-order valence-corrected chi connectivity index (χ3v) is 5.22. The van der Waals surface area contributed by atoms with Crippen molar-refractivity contribution in [3.05, 3.63) is 95.3 Å². The summed E-state index contributed by atoms with van der Waals surface area (Å²) in [5, 5.41) is 0. The van der Waals surface area contributed by atoms with Gasteiger partial charge < -0.3 is 9.47 Å². The average Bonchev–Trinajstić information content (AvgIpc) is 3.16. The van der Waals surface area contributed by atoms with Gasteiger partial charge in [0.05, 0.1) is 6.54 Å². The maximum atomic E-state index is 13.1. The molecular weight excluding hydrogens is 344 g/mol. The lowest BCUT2D eigenvalue weighted by Gasteiger charge is -2.24. The molecule has 0 bridgehead atoms. The summed E-state index contributed by atoms with van der Waals surface area (Å²) in [5.41, 5.74) is 4.54. The first-order chi connectivity index (χ1) is 13.7. The molecule has 0 atom stereocenters. The summed E-state index contributed by atoms with van der Waals surface area (Å²) in [6.07, 6.45) is 5.44. The summed E-state index contributed by atoms with van der Waals surface area (Å²) < 4.78 is 2.26. The SMILES string of the molecule is CCCCCN(Cc1cccn1Cc1ccccc1C)C(=O)c1ccccc1. The Morgan fingerprint density at radius 2 is 1.68 bits per heavy atom. The molecule has 2 aromatic carbocycles. The van der Waals surface area contributed by atoms with Crippen LogP contribution in [0.4, 0.5) is 0 Å². The number of aromatic nitrogens is 1. The van der Waals surface area contributed by atoms with Crippen LogP contribution in [-0.4, -0.2) is 21.9 Å². The second kappa shape index (κ2) is 9.93. The van der Waals surface area contributed by atoms with Gasteiger partial charge in [0.1, 0.15) is 0 Å². The molecule has 1 heterocycles. The van der Waals surface area contributed by atoms with Gasteiger partial charge in [0.15, 0.2) is 0 Å². The van der Waals surface area contributed by atoms with Crippen LogP contribution < -0.4 is 0 Å². The molecule has 0 saturated carbocycles. The zero-order valence-corrected chi connectivity index (χ0v) is 17.0. The second-order valence-corrected chi connectivity index (χ2v) is 7.35. The van der Waals surface area contributed by atoms with E-state index in [0.717, 1.165) is 37.9 Å². The van der Waals surface area contributed by atoms with Crippen molar-refractivity contribution in [2.45, 2.75) is 46.2 Å². The van der Waals surface area contributed by atoms with Crippen LogP contribution in [0.15, 0.2) is 72.9 Å². The molecule has 1 aromatic heterocycles. The third-order valence-electron chi connectivity index (χ3n) is 5.22.